The molecule has 1 N–H and O–H groups in total. The van der Waals surface area contributed by atoms with Crippen LogP contribution in [-0.2, 0) is 0 Å². The lowest BCUT2D eigenvalue weighted by Gasteiger charge is -2.58. The first-order chi connectivity index (χ1) is 13.7. The minimum Gasteiger partial charge on any atom is -0.393 e. The zero-order chi connectivity index (χ0) is 21.0. The lowest BCUT2D eigenvalue weighted by molar-refractivity contribution is -0.0779. The van der Waals surface area contributed by atoms with Crippen molar-refractivity contribution in [3.05, 3.63) is 22.8 Å². The third kappa shape index (κ3) is 3.48. The van der Waals surface area contributed by atoms with Gasteiger partial charge in [0.1, 0.15) is 0 Å². The second kappa shape index (κ2) is 7.85. The number of fused-ring (bicyclic) bond motifs is 4. The number of hydrogen-bond acceptors (Lipinski definition) is 1. The Bertz CT molecular complexity index is 682. The SMILES string of the molecule is CC(C)=CCCC(C)[C@H]1CCC2=C3CC[C@H]4[C@H](C)[C@@H](O)CC[C@]4(C)C3CC[C@@]21C. The zero-order valence-electron chi connectivity index (χ0n) is 20.1. The Balaban J connectivity index is 1.57. The van der Waals surface area contributed by atoms with Gasteiger partial charge in [0.15, 0.2) is 0 Å². The van der Waals surface area contributed by atoms with Gasteiger partial charge in [0.25, 0.3) is 0 Å². The van der Waals surface area contributed by atoms with E-state index in [1.54, 1.807) is 0 Å². The van der Waals surface area contributed by atoms with Gasteiger partial charge in [-0.1, -0.05) is 50.5 Å². The van der Waals surface area contributed by atoms with Crippen LogP contribution in [-0.4, -0.2) is 11.2 Å². The van der Waals surface area contributed by atoms with Gasteiger partial charge >= 0.3 is 0 Å². The van der Waals surface area contributed by atoms with Crippen molar-refractivity contribution in [1.29, 1.82) is 0 Å². The molecule has 0 aromatic carbocycles. The molecule has 0 aliphatic heterocycles. The van der Waals surface area contributed by atoms with Gasteiger partial charge in [0.2, 0.25) is 0 Å². The zero-order valence-corrected chi connectivity index (χ0v) is 20.1. The van der Waals surface area contributed by atoms with Crippen molar-refractivity contribution in [3.8, 4) is 0 Å². The molecule has 29 heavy (non-hydrogen) atoms. The largest absolute Gasteiger partial charge is 0.393 e. The van der Waals surface area contributed by atoms with E-state index in [-0.39, 0.29) is 6.10 Å². The first-order valence-electron chi connectivity index (χ1n) is 12.7. The highest BCUT2D eigenvalue weighted by Crippen LogP contribution is 2.66. The molecule has 0 amide bonds. The van der Waals surface area contributed by atoms with Crippen LogP contribution in [0.3, 0.4) is 0 Å². The Morgan fingerprint density at radius 3 is 2.59 bits per heavy atom. The summed E-state index contributed by atoms with van der Waals surface area (Å²) in [5.74, 6) is 3.74. The smallest absolute Gasteiger partial charge is 0.0568 e. The van der Waals surface area contributed by atoms with Crippen LogP contribution >= 0.6 is 0 Å². The van der Waals surface area contributed by atoms with Crippen LogP contribution in [0.5, 0.6) is 0 Å². The van der Waals surface area contributed by atoms with Crippen molar-refractivity contribution in [1.82, 2.24) is 0 Å². The Labute approximate surface area is 180 Å². The molecule has 8 atom stereocenters. The number of allylic oxidation sites excluding steroid dienone is 4. The molecule has 164 valence electrons. The molecular weight excluding hydrogens is 352 g/mol. The van der Waals surface area contributed by atoms with E-state index in [0.717, 1.165) is 30.1 Å². The molecule has 0 saturated heterocycles. The molecular formula is C28H46O. The Hall–Kier alpha value is -0.560. The first kappa shape index (κ1) is 21.7. The van der Waals surface area contributed by atoms with Crippen LogP contribution in [0.1, 0.15) is 106 Å². The molecule has 0 heterocycles. The third-order valence-corrected chi connectivity index (χ3v) is 10.4. The molecule has 4 aliphatic carbocycles. The Morgan fingerprint density at radius 2 is 1.86 bits per heavy atom. The van der Waals surface area contributed by atoms with Crippen LogP contribution < -0.4 is 0 Å². The summed E-state index contributed by atoms with van der Waals surface area (Å²) >= 11 is 0. The molecule has 1 nitrogen and oxygen atoms in total. The lowest BCUT2D eigenvalue weighted by Crippen LogP contribution is -2.51. The highest BCUT2D eigenvalue weighted by atomic mass is 16.3. The first-order valence-corrected chi connectivity index (χ1v) is 12.7. The van der Waals surface area contributed by atoms with Crippen molar-refractivity contribution in [2.45, 2.75) is 112 Å². The maximum absolute atomic E-state index is 10.5. The van der Waals surface area contributed by atoms with Crippen LogP contribution in [0, 0.1) is 40.4 Å². The summed E-state index contributed by atoms with van der Waals surface area (Å²) in [5.41, 5.74) is 6.19. The Morgan fingerprint density at radius 1 is 1.10 bits per heavy atom. The highest BCUT2D eigenvalue weighted by Gasteiger charge is 2.56. The van der Waals surface area contributed by atoms with Gasteiger partial charge in [-0.2, -0.15) is 0 Å². The average molecular weight is 399 g/mol. The van der Waals surface area contributed by atoms with E-state index in [2.05, 4.69) is 47.6 Å². The van der Waals surface area contributed by atoms with Crippen molar-refractivity contribution in [2.75, 3.05) is 0 Å². The number of aliphatic hydroxyl groups is 1. The molecule has 3 saturated carbocycles. The van der Waals surface area contributed by atoms with E-state index in [9.17, 15) is 5.11 Å². The predicted octanol–water partition coefficient (Wildman–Crippen LogP) is 7.70. The van der Waals surface area contributed by atoms with Crippen LogP contribution in [0.15, 0.2) is 22.8 Å². The molecule has 4 aliphatic rings. The maximum atomic E-state index is 10.5. The molecule has 1 heteroatoms. The fourth-order valence-electron chi connectivity index (χ4n) is 8.73. The summed E-state index contributed by atoms with van der Waals surface area (Å²) in [5, 5.41) is 10.5. The van der Waals surface area contributed by atoms with Gasteiger partial charge in [0.05, 0.1) is 6.10 Å². The molecule has 0 spiro atoms. The second-order valence-corrected chi connectivity index (χ2v) is 12.1. The summed E-state index contributed by atoms with van der Waals surface area (Å²) in [6.07, 6.45) is 15.5. The van der Waals surface area contributed by atoms with E-state index in [1.165, 1.54) is 63.4 Å². The topological polar surface area (TPSA) is 20.2 Å². The van der Waals surface area contributed by atoms with E-state index < -0.39 is 0 Å². The molecule has 4 rings (SSSR count). The summed E-state index contributed by atoms with van der Waals surface area (Å²) < 4.78 is 0. The quantitative estimate of drug-likeness (QED) is 0.481. The van der Waals surface area contributed by atoms with Crippen molar-refractivity contribution >= 4 is 0 Å². The normalized spacial score (nSPS) is 45.3. The fourth-order valence-corrected chi connectivity index (χ4v) is 8.73. The van der Waals surface area contributed by atoms with Gasteiger partial charge in [-0.15, -0.1) is 0 Å². The molecule has 0 aromatic rings. The van der Waals surface area contributed by atoms with Gasteiger partial charge in [0, 0.05) is 0 Å². The van der Waals surface area contributed by atoms with Crippen molar-refractivity contribution in [3.63, 3.8) is 0 Å². The Kier molecular flexibility index (Phi) is 5.86. The van der Waals surface area contributed by atoms with Crippen LogP contribution in [0.2, 0.25) is 0 Å². The summed E-state index contributed by atoms with van der Waals surface area (Å²) in [6, 6.07) is 0. The highest BCUT2D eigenvalue weighted by molar-refractivity contribution is 5.35. The number of aliphatic hydroxyl groups excluding tert-OH is 1. The lowest BCUT2D eigenvalue weighted by atomic mass is 9.47. The maximum Gasteiger partial charge on any atom is 0.0568 e. The van der Waals surface area contributed by atoms with Crippen LogP contribution in [0.4, 0.5) is 0 Å². The van der Waals surface area contributed by atoms with Crippen molar-refractivity contribution < 1.29 is 5.11 Å². The van der Waals surface area contributed by atoms with Crippen molar-refractivity contribution in [2.24, 2.45) is 40.4 Å². The van der Waals surface area contributed by atoms with Gasteiger partial charge < -0.3 is 5.11 Å². The predicted molar refractivity (Wildman–Crippen MR) is 124 cm³/mol. The monoisotopic (exact) mass is 398 g/mol. The molecule has 3 fully saturated rings. The minimum absolute atomic E-state index is 0.0614. The average Bonchev–Trinajstić information content (AvgIpc) is 3.02. The van der Waals surface area contributed by atoms with Crippen LogP contribution in [0.25, 0.3) is 0 Å². The molecule has 0 bridgehead atoms. The molecule has 2 unspecified atom stereocenters. The number of hydrogen-bond donors (Lipinski definition) is 1. The standard InChI is InChI=1S/C28H46O/c1-18(2)8-7-9-19(3)22-12-13-24-21-10-11-23-20(4)26(29)15-17-28(23,6)25(21)14-16-27(22,24)5/h8,19-20,22-23,25-26,29H,7,9-17H2,1-6H3/t19?,20-,22+,23-,25?,26-,27+,28-/m0/s1. The number of rotatable bonds is 4. The second-order valence-electron chi connectivity index (χ2n) is 12.1. The van der Waals surface area contributed by atoms with E-state index >= 15 is 0 Å². The van der Waals surface area contributed by atoms with Gasteiger partial charge in [-0.3, -0.25) is 0 Å². The summed E-state index contributed by atoms with van der Waals surface area (Å²) in [6.45, 7) is 14.6. The molecule has 0 radical (unpaired) electrons. The summed E-state index contributed by atoms with van der Waals surface area (Å²) in [4.78, 5) is 0. The van der Waals surface area contributed by atoms with E-state index in [1.807, 2.05) is 11.1 Å². The van der Waals surface area contributed by atoms with Gasteiger partial charge in [-0.25, -0.2) is 0 Å². The van der Waals surface area contributed by atoms with E-state index in [4.69, 9.17) is 0 Å². The molecule has 0 aromatic heterocycles. The minimum atomic E-state index is -0.0614. The van der Waals surface area contributed by atoms with E-state index in [0.29, 0.717) is 16.7 Å². The fraction of sp³-hybridized carbons (Fsp3) is 0.857. The van der Waals surface area contributed by atoms with Gasteiger partial charge in [-0.05, 0) is 118 Å². The third-order valence-electron chi connectivity index (χ3n) is 10.4. The summed E-state index contributed by atoms with van der Waals surface area (Å²) in [7, 11) is 0.